The number of aromatic nitrogens is 4. The molecule has 0 atom stereocenters. The van der Waals surface area contributed by atoms with Crippen LogP contribution in [0.4, 0.5) is 23.0 Å². The van der Waals surface area contributed by atoms with Crippen LogP contribution in [0.2, 0.25) is 1.41 Å². The summed E-state index contributed by atoms with van der Waals surface area (Å²) in [5, 5.41) is 8.78. The summed E-state index contributed by atoms with van der Waals surface area (Å²) in [6.45, 7) is 0. The smallest absolute Gasteiger partial charge is 0.227 e. The minimum atomic E-state index is 0.465. The van der Waals surface area contributed by atoms with Crippen molar-refractivity contribution in [1.29, 1.82) is 0 Å². The van der Waals surface area contributed by atoms with Gasteiger partial charge in [0.05, 0.1) is 32.4 Å². The van der Waals surface area contributed by atoms with Crippen LogP contribution in [-0.4, -0.2) is 26.6 Å². The Kier molecular flexibility index (Phi) is 4.02. The van der Waals surface area contributed by atoms with Gasteiger partial charge >= 0.3 is 0 Å². The Morgan fingerprint density at radius 1 is 1.23 bits per heavy atom. The van der Waals surface area contributed by atoms with Crippen molar-refractivity contribution in [3.8, 4) is 11.3 Å². The maximum Gasteiger partial charge on any atom is 0.227 e. The topological polar surface area (TPSA) is 93.2 Å². The van der Waals surface area contributed by atoms with Crippen LogP contribution in [-0.2, 0) is 0 Å². The van der Waals surface area contributed by atoms with E-state index >= 15 is 0 Å². The summed E-state index contributed by atoms with van der Waals surface area (Å²) in [6, 6.07) is 11.3. The van der Waals surface area contributed by atoms with Gasteiger partial charge in [-0.3, -0.25) is 0 Å². The number of benzene rings is 1. The van der Waals surface area contributed by atoms with Crippen LogP contribution in [0.15, 0.2) is 55.0 Å². The highest BCUT2D eigenvalue weighted by atomic mass is 127. The van der Waals surface area contributed by atoms with Crippen LogP contribution >= 0.6 is 22.6 Å². The van der Waals surface area contributed by atoms with Crippen molar-refractivity contribution in [3.05, 3.63) is 58.6 Å². The lowest BCUT2D eigenvalue weighted by Crippen LogP contribution is -2.01. The zero-order valence-corrected chi connectivity index (χ0v) is 16.0. The van der Waals surface area contributed by atoms with E-state index in [2.05, 4.69) is 43.0 Å². The van der Waals surface area contributed by atoms with Gasteiger partial charge in [0, 0.05) is 30.7 Å². The van der Waals surface area contributed by atoms with Gasteiger partial charge in [-0.25, -0.2) is 14.5 Å². The van der Waals surface area contributed by atoms with E-state index in [1.165, 1.54) is 5.31 Å². The summed E-state index contributed by atoms with van der Waals surface area (Å²) in [7, 11) is 1.63. The highest BCUT2D eigenvalue weighted by Gasteiger charge is 2.13. The average molecular weight is 458 g/mol. The monoisotopic (exact) mass is 458 g/mol. The fraction of sp³-hybridized carbons (Fsp3) is 0.0556. The number of nitrogens with one attached hydrogen (secondary N) is 2. The molecule has 0 fully saturated rings. The van der Waals surface area contributed by atoms with Gasteiger partial charge in [-0.1, -0.05) is 6.07 Å². The molecule has 0 unspecified atom stereocenters. The number of hydrogen-bond donors (Lipinski definition) is 3. The van der Waals surface area contributed by atoms with Gasteiger partial charge in [-0.15, -0.1) is 0 Å². The standard InChI is InChI=1S/C18H16IN7/c1-21-15-6-5-11(8-14(15)20)24-18-22-10-13(19)17(25-18)12-9-23-26-7-3-2-4-16(12)26/h2-10,21H,20H2,1H3,(H,22,24,25)/i/hD. The number of halogens is 1. The fourth-order valence-corrected chi connectivity index (χ4v) is 3.25. The molecule has 0 bridgehead atoms. The predicted octanol–water partition coefficient (Wildman–Crippen LogP) is 3.76. The molecule has 4 N–H and O–H groups in total. The third-order valence-electron chi connectivity index (χ3n) is 3.95. The lowest BCUT2D eigenvalue weighted by atomic mass is 10.2. The Labute approximate surface area is 165 Å². The van der Waals surface area contributed by atoms with Crippen molar-refractivity contribution in [2.24, 2.45) is 0 Å². The van der Waals surface area contributed by atoms with Crippen LogP contribution < -0.4 is 16.4 Å². The van der Waals surface area contributed by atoms with E-state index in [1.54, 1.807) is 31.6 Å². The molecule has 8 heteroatoms. The molecule has 0 saturated heterocycles. The first kappa shape index (κ1) is 15.4. The quantitative estimate of drug-likeness (QED) is 0.319. The number of hydrogen-bond acceptors (Lipinski definition) is 6. The minimum Gasteiger partial charge on any atom is -0.397 e. The van der Waals surface area contributed by atoms with Gasteiger partial charge < -0.3 is 16.4 Å². The zero-order chi connectivity index (χ0) is 19.0. The van der Waals surface area contributed by atoms with Crippen molar-refractivity contribution >= 4 is 51.1 Å². The van der Waals surface area contributed by atoms with E-state index < -0.39 is 0 Å². The maximum absolute atomic E-state index is 7.65. The van der Waals surface area contributed by atoms with Crippen molar-refractivity contribution in [2.75, 3.05) is 23.4 Å². The second-order valence-corrected chi connectivity index (χ2v) is 6.76. The van der Waals surface area contributed by atoms with E-state index in [-0.39, 0.29) is 0 Å². The zero-order valence-electron chi connectivity index (χ0n) is 14.9. The Hall–Kier alpha value is -2.88. The number of pyridine rings is 1. The van der Waals surface area contributed by atoms with Crippen molar-refractivity contribution < 1.29 is 1.41 Å². The molecule has 0 aliphatic heterocycles. The molecule has 3 heterocycles. The Morgan fingerprint density at radius 2 is 2.12 bits per heavy atom. The van der Waals surface area contributed by atoms with E-state index in [0.717, 1.165) is 26.0 Å². The highest BCUT2D eigenvalue weighted by Crippen LogP contribution is 2.29. The third kappa shape index (κ3) is 3.03. The third-order valence-corrected chi connectivity index (χ3v) is 4.74. The maximum atomic E-state index is 7.65. The summed E-state index contributed by atoms with van der Waals surface area (Å²) in [6.07, 6.45) is 5.48. The molecule has 0 amide bonds. The molecule has 26 heavy (non-hydrogen) atoms. The molecule has 3 aromatic heterocycles. The lowest BCUT2D eigenvalue weighted by Gasteiger charge is -2.10. The molecule has 0 radical (unpaired) electrons. The van der Waals surface area contributed by atoms with Crippen LogP contribution in [0.3, 0.4) is 0 Å². The van der Waals surface area contributed by atoms with Crippen LogP contribution in [0.1, 0.15) is 0 Å². The van der Waals surface area contributed by atoms with E-state index in [1.807, 2.05) is 35.0 Å². The molecular weight excluding hydrogens is 441 g/mol. The molecule has 0 spiro atoms. The number of nitrogen functional groups attached to an aromatic ring is 1. The number of rotatable bonds is 4. The second-order valence-electron chi connectivity index (χ2n) is 5.60. The van der Waals surface area contributed by atoms with Crippen molar-refractivity contribution in [2.45, 2.75) is 0 Å². The number of anilines is 4. The Morgan fingerprint density at radius 3 is 2.92 bits per heavy atom. The van der Waals surface area contributed by atoms with Crippen LogP contribution in [0.5, 0.6) is 0 Å². The Bertz CT molecular complexity index is 1130. The highest BCUT2D eigenvalue weighted by molar-refractivity contribution is 14.1. The van der Waals surface area contributed by atoms with Gasteiger partial charge in [-0.05, 0) is 52.9 Å². The normalized spacial score (nSPS) is 11.4. The number of fused-ring (bicyclic) bond motifs is 1. The summed E-state index contributed by atoms with van der Waals surface area (Å²) in [5.74, 6) is 0.465. The van der Waals surface area contributed by atoms with Crippen molar-refractivity contribution in [1.82, 2.24) is 19.6 Å². The first-order valence-corrected chi connectivity index (χ1v) is 8.95. The fourth-order valence-electron chi connectivity index (χ4n) is 2.70. The average Bonchev–Trinajstić information content (AvgIpc) is 3.07. The first-order chi connectivity index (χ1) is 13.0. The molecule has 7 nitrogen and oxygen atoms in total. The SMILES string of the molecule is [2H]N(C)c1ccc(Nc2ncc(I)c(-c3cnn4ccccc34)n2)cc1N. The molecule has 130 valence electrons. The molecule has 4 rings (SSSR count). The minimum absolute atomic E-state index is 0.465. The lowest BCUT2D eigenvalue weighted by molar-refractivity contribution is 0.961. The van der Waals surface area contributed by atoms with Crippen LogP contribution in [0.25, 0.3) is 16.8 Å². The molecule has 0 saturated carbocycles. The molecule has 4 aromatic rings. The molecule has 0 aliphatic carbocycles. The van der Waals surface area contributed by atoms with E-state index in [9.17, 15) is 0 Å². The summed E-state index contributed by atoms with van der Waals surface area (Å²) in [4.78, 5) is 9.04. The molecule has 0 aliphatic rings. The number of nitrogens with zero attached hydrogens (tertiary/aromatic N) is 4. The number of nitrogens with two attached hydrogens (primary N) is 1. The summed E-state index contributed by atoms with van der Waals surface area (Å²) >= 11 is 2.22. The van der Waals surface area contributed by atoms with Gasteiger partial charge in [0.25, 0.3) is 0 Å². The molecular formula is C18H16IN7. The largest absolute Gasteiger partial charge is 0.397 e. The van der Waals surface area contributed by atoms with E-state index in [4.69, 9.17) is 7.15 Å². The second kappa shape index (κ2) is 6.79. The molecule has 1 aromatic carbocycles. The summed E-state index contributed by atoms with van der Waals surface area (Å²) < 4.78 is 10.4. The first-order valence-electron chi connectivity index (χ1n) is 8.32. The van der Waals surface area contributed by atoms with Gasteiger partial charge in [0.1, 0.15) is 0 Å². The van der Waals surface area contributed by atoms with Gasteiger partial charge in [0.15, 0.2) is 1.41 Å². The predicted molar refractivity (Wildman–Crippen MR) is 113 cm³/mol. The Balaban J connectivity index is 1.70. The van der Waals surface area contributed by atoms with E-state index in [0.29, 0.717) is 17.3 Å². The van der Waals surface area contributed by atoms with Gasteiger partial charge in [-0.2, -0.15) is 5.10 Å². The van der Waals surface area contributed by atoms with Crippen molar-refractivity contribution in [3.63, 3.8) is 0 Å². The van der Waals surface area contributed by atoms with Gasteiger partial charge in [0.2, 0.25) is 5.95 Å². The summed E-state index contributed by atoms with van der Waals surface area (Å²) in [5.41, 5.74) is 10.6. The van der Waals surface area contributed by atoms with Crippen LogP contribution in [0, 0.1) is 3.57 Å².